The summed E-state index contributed by atoms with van der Waals surface area (Å²) >= 11 is 0. The van der Waals surface area contributed by atoms with Gasteiger partial charge in [0.15, 0.2) is 0 Å². The first-order valence-corrected chi connectivity index (χ1v) is 4.80. The van der Waals surface area contributed by atoms with Crippen molar-refractivity contribution in [3.05, 3.63) is 28.8 Å². The quantitative estimate of drug-likeness (QED) is 0.627. The van der Waals surface area contributed by atoms with E-state index < -0.39 is 35.9 Å². The van der Waals surface area contributed by atoms with Crippen molar-refractivity contribution in [2.75, 3.05) is 7.11 Å². The maximum absolute atomic E-state index is 12.9. The van der Waals surface area contributed by atoms with Crippen LogP contribution in [-0.2, 0) is 4.74 Å². The number of ether oxygens (including phenoxy) is 2. The largest absolute Gasteiger partial charge is 0.465 e. The van der Waals surface area contributed by atoms with Crippen LogP contribution in [-0.4, -0.2) is 19.7 Å². The van der Waals surface area contributed by atoms with E-state index in [2.05, 4.69) is 9.47 Å². The zero-order valence-electron chi connectivity index (χ0n) is 9.49. The van der Waals surface area contributed by atoms with Gasteiger partial charge >= 0.3 is 12.6 Å². The van der Waals surface area contributed by atoms with Crippen molar-refractivity contribution in [2.24, 2.45) is 0 Å². The predicted molar refractivity (Wildman–Crippen MR) is 54.1 cm³/mol. The Labute approximate surface area is 105 Å². The van der Waals surface area contributed by atoms with Gasteiger partial charge in [-0.25, -0.2) is 13.6 Å². The second kappa shape index (κ2) is 6.04. The first kappa shape index (κ1) is 14.8. The van der Waals surface area contributed by atoms with E-state index in [0.29, 0.717) is 6.07 Å². The summed E-state index contributed by atoms with van der Waals surface area (Å²) in [6.45, 7) is -3.36. The molecule has 0 aliphatic rings. The molecule has 8 heteroatoms. The molecule has 0 saturated heterocycles. The topological polar surface area (TPSA) is 59.3 Å². The second-order valence-electron chi connectivity index (χ2n) is 3.22. The van der Waals surface area contributed by atoms with Crippen molar-refractivity contribution in [3.8, 4) is 11.8 Å². The molecular weight excluding hydrogens is 270 g/mol. The van der Waals surface area contributed by atoms with Gasteiger partial charge in [-0.1, -0.05) is 0 Å². The van der Waals surface area contributed by atoms with Gasteiger partial charge in [-0.3, -0.25) is 0 Å². The second-order valence-corrected chi connectivity index (χ2v) is 3.22. The monoisotopic (exact) mass is 277 g/mol. The number of carbonyl (C=O) groups excluding carboxylic acids is 1. The smallest absolute Gasteiger partial charge is 0.387 e. The summed E-state index contributed by atoms with van der Waals surface area (Å²) in [5.41, 5.74) is -2.00. The molecule has 0 radical (unpaired) electrons. The fourth-order valence-electron chi connectivity index (χ4n) is 1.39. The van der Waals surface area contributed by atoms with Gasteiger partial charge in [0, 0.05) is 0 Å². The fraction of sp³-hybridized carbons (Fsp3) is 0.273. The van der Waals surface area contributed by atoms with Gasteiger partial charge in [0.1, 0.15) is 5.75 Å². The van der Waals surface area contributed by atoms with Crippen molar-refractivity contribution in [3.63, 3.8) is 0 Å². The predicted octanol–water partition coefficient (Wildman–Crippen LogP) is 2.88. The number of methoxy groups -OCH3 is 1. The number of carbonyl (C=O) groups is 1. The fourth-order valence-corrected chi connectivity index (χ4v) is 1.39. The van der Waals surface area contributed by atoms with Gasteiger partial charge in [0.2, 0.25) is 0 Å². The Morgan fingerprint density at radius 2 is 1.95 bits per heavy atom. The zero-order valence-corrected chi connectivity index (χ0v) is 9.49. The normalized spacial score (nSPS) is 10.4. The van der Waals surface area contributed by atoms with Gasteiger partial charge in [0.25, 0.3) is 6.43 Å². The van der Waals surface area contributed by atoms with Crippen LogP contribution in [0.1, 0.15) is 27.9 Å². The molecule has 0 aliphatic carbocycles. The van der Waals surface area contributed by atoms with Crippen LogP contribution < -0.4 is 4.74 Å². The van der Waals surface area contributed by atoms with Crippen LogP contribution >= 0.6 is 0 Å². The minimum absolute atomic E-state index is 0.277. The van der Waals surface area contributed by atoms with Crippen LogP contribution in [0.3, 0.4) is 0 Å². The molecule has 0 amide bonds. The number of nitriles is 1. The Morgan fingerprint density at radius 1 is 1.32 bits per heavy atom. The van der Waals surface area contributed by atoms with Gasteiger partial charge in [-0.2, -0.15) is 14.0 Å². The van der Waals surface area contributed by atoms with Gasteiger partial charge < -0.3 is 9.47 Å². The molecule has 102 valence electrons. The van der Waals surface area contributed by atoms with E-state index in [1.807, 2.05) is 0 Å². The molecule has 1 aromatic carbocycles. The van der Waals surface area contributed by atoms with Crippen LogP contribution in [0.5, 0.6) is 5.75 Å². The summed E-state index contributed by atoms with van der Waals surface area (Å²) < 4.78 is 58.2. The van der Waals surface area contributed by atoms with Gasteiger partial charge in [0.05, 0.1) is 29.9 Å². The number of hydrogen-bond donors (Lipinski definition) is 0. The maximum atomic E-state index is 12.9. The third-order valence-electron chi connectivity index (χ3n) is 2.11. The molecule has 4 nitrogen and oxygen atoms in total. The summed E-state index contributed by atoms with van der Waals surface area (Å²) in [5.74, 6) is -2.10. The summed E-state index contributed by atoms with van der Waals surface area (Å²) in [4.78, 5) is 11.3. The highest BCUT2D eigenvalue weighted by atomic mass is 19.3. The lowest BCUT2D eigenvalue weighted by Gasteiger charge is -2.14. The Balaban J connectivity index is 3.51. The zero-order chi connectivity index (χ0) is 14.6. The third kappa shape index (κ3) is 3.34. The highest BCUT2D eigenvalue weighted by Crippen LogP contribution is 2.34. The molecule has 0 N–H and O–H groups in total. The van der Waals surface area contributed by atoms with Crippen LogP contribution in [0, 0.1) is 11.3 Å². The summed E-state index contributed by atoms with van der Waals surface area (Å²) in [5, 5.41) is 8.67. The number of halogens is 4. The SMILES string of the molecule is COC(=O)c1cc(C#N)cc(OC(F)F)c1C(F)F. The number of rotatable bonds is 4. The molecule has 0 aromatic heterocycles. The van der Waals surface area contributed by atoms with Crippen LogP contribution in [0.15, 0.2) is 12.1 Å². The molecule has 19 heavy (non-hydrogen) atoms. The summed E-state index contributed by atoms with van der Waals surface area (Å²) in [6.07, 6.45) is -3.24. The highest BCUT2D eigenvalue weighted by molar-refractivity contribution is 5.92. The van der Waals surface area contributed by atoms with Crippen molar-refractivity contribution in [2.45, 2.75) is 13.0 Å². The highest BCUT2D eigenvalue weighted by Gasteiger charge is 2.26. The van der Waals surface area contributed by atoms with Crippen molar-refractivity contribution in [1.82, 2.24) is 0 Å². The van der Waals surface area contributed by atoms with E-state index >= 15 is 0 Å². The minimum atomic E-state index is -3.36. The number of nitrogens with zero attached hydrogens (tertiary/aromatic N) is 1. The van der Waals surface area contributed by atoms with Crippen molar-refractivity contribution in [1.29, 1.82) is 5.26 Å². The van der Waals surface area contributed by atoms with E-state index in [4.69, 9.17) is 5.26 Å². The molecule has 0 spiro atoms. The third-order valence-corrected chi connectivity index (χ3v) is 2.11. The Morgan fingerprint density at radius 3 is 2.37 bits per heavy atom. The van der Waals surface area contributed by atoms with E-state index in [1.54, 1.807) is 6.07 Å². The van der Waals surface area contributed by atoms with Gasteiger partial charge in [-0.15, -0.1) is 0 Å². The van der Waals surface area contributed by atoms with Crippen molar-refractivity contribution < 1.29 is 31.8 Å². The number of hydrogen-bond acceptors (Lipinski definition) is 4. The average molecular weight is 277 g/mol. The van der Waals surface area contributed by atoms with E-state index in [0.717, 1.165) is 13.2 Å². The number of benzene rings is 1. The maximum Gasteiger partial charge on any atom is 0.387 e. The van der Waals surface area contributed by atoms with Crippen LogP contribution in [0.4, 0.5) is 17.6 Å². The molecule has 0 saturated carbocycles. The lowest BCUT2D eigenvalue weighted by molar-refractivity contribution is -0.0521. The van der Waals surface area contributed by atoms with E-state index in [-0.39, 0.29) is 5.56 Å². The molecule has 1 aromatic rings. The molecule has 1 rings (SSSR count). The average Bonchev–Trinajstić information content (AvgIpc) is 2.35. The molecule has 0 heterocycles. The molecule has 0 fully saturated rings. The van der Waals surface area contributed by atoms with Gasteiger partial charge in [-0.05, 0) is 12.1 Å². The molecule has 0 bridgehead atoms. The lowest BCUT2D eigenvalue weighted by Crippen LogP contribution is -2.11. The van der Waals surface area contributed by atoms with E-state index in [9.17, 15) is 22.4 Å². The Kier molecular flexibility index (Phi) is 4.69. The van der Waals surface area contributed by atoms with Crippen LogP contribution in [0.25, 0.3) is 0 Å². The first-order valence-electron chi connectivity index (χ1n) is 4.80. The molecule has 0 aliphatic heterocycles. The van der Waals surface area contributed by atoms with E-state index in [1.165, 1.54) is 0 Å². The summed E-state index contributed by atoms with van der Waals surface area (Å²) in [7, 11) is 0.935. The minimum Gasteiger partial charge on any atom is -0.465 e. The molecule has 0 atom stereocenters. The summed E-state index contributed by atoms with van der Waals surface area (Å²) in [6, 6.07) is 3.08. The lowest BCUT2D eigenvalue weighted by atomic mass is 10.0. The molecular formula is C11H7F4NO3. The standard InChI is InChI=1S/C11H7F4NO3/c1-18-10(17)6-2-5(4-16)3-7(19-11(14)15)8(6)9(12)13/h2-3,9,11H,1H3. The Hall–Kier alpha value is -2.30. The molecule has 0 unspecified atom stereocenters. The Bertz CT molecular complexity index is 525. The number of alkyl halides is 4. The first-order chi connectivity index (χ1) is 8.90. The number of esters is 1. The van der Waals surface area contributed by atoms with Crippen LogP contribution in [0.2, 0.25) is 0 Å². The van der Waals surface area contributed by atoms with Crippen molar-refractivity contribution >= 4 is 5.97 Å².